The van der Waals surface area contributed by atoms with E-state index in [1.54, 1.807) is 0 Å². The fourth-order valence-corrected chi connectivity index (χ4v) is 2.29. The molecule has 0 unspecified atom stereocenters. The fraction of sp³-hybridized carbons (Fsp3) is 0.235. The van der Waals surface area contributed by atoms with E-state index in [9.17, 15) is 4.79 Å². The van der Waals surface area contributed by atoms with Crippen LogP contribution < -0.4 is 4.90 Å². The van der Waals surface area contributed by atoms with E-state index in [2.05, 4.69) is 32.0 Å². The van der Waals surface area contributed by atoms with Crippen LogP contribution in [0.25, 0.3) is 0 Å². The Hall–Kier alpha value is -2.09. The van der Waals surface area contributed by atoms with Crippen molar-refractivity contribution in [3.63, 3.8) is 0 Å². The molecule has 2 aromatic rings. The van der Waals surface area contributed by atoms with Crippen molar-refractivity contribution in [2.45, 2.75) is 20.8 Å². The molecule has 2 nitrogen and oxygen atoms in total. The van der Waals surface area contributed by atoms with Gasteiger partial charge in [-0.2, -0.15) is 0 Å². The third-order valence-corrected chi connectivity index (χ3v) is 3.10. The average molecular weight is 253 g/mol. The molecule has 0 saturated heterocycles. The second-order valence-corrected chi connectivity index (χ2v) is 4.76. The van der Waals surface area contributed by atoms with E-state index >= 15 is 0 Å². The summed E-state index contributed by atoms with van der Waals surface area (Å²) in [6.45, 7) is 6.77. The first-order chi connectivity index (χ1) is 9.11. The van der Waals surface area contributed by atoms with E-state index in [1.807, 2.05) is 42.2 Å². The molecule has 0 aliphatic heterocycles. The second-order valence-electron chi connectivity index (χ2n) is 4.76. The molecule has 0 aliphatic carbocycles. The van der Waals surface area contributed by atoms with Gasteiger partial charge in [-0.05, 0) is 56.2 Å². The topological polar surface area (TPSA) is 20.3 Å². The van der Waals surface area contributed by atoms with Crippen molar-refractivity contribution in [3.8, 4) is 0 Å². The number of hydrogen-bond donors (Lipinski definition) is 0. The van der Waals surface area contributed by atoms with Crippen LogP contribution in [0.2, 0.25) is 0 Å². The molecule has 19 heavy (non-hydrogen) atoms. The van der Waals surface area contributed by atoms with Crippen molar-refractivity contribution >= 4 is 11.6 Å². The number of benzene rings is 2. The van der Waals surface area contributed by atoms with Gasteiger partial charge in [0.05, 0.1) is 0 Å². The van der Waals surface area contributed by atoms with E-state index in [-0.39, 0.29) is 5.91 Å². The zero-order valence-corrected chi connectivity index (χ0v) is 11.7. The highest BCUT2D eigenvalue weighted by Gasteiger charge is 2.15. The van der Waals surface area contributed by atoms with Crippen molar-refractivity contribution in [2.75, 3.05) is 11.4 Å². The highest BCUT2D eigenvalue weighted by molar-refractivity contribution is 6.06. The van der Waals surface area contributed by atoms with Gasteiger partial charge in [0.15, 0.2) is 0 Å². The summed E-state index contributed by atoms with van der Waals surface area (Å²) in [5, 5.41) is 0. The van der Waals surface area contributed by atoms with E-state index in [1.165, 1.54) is 11.1 Å². The molecule has 0 radical (unpaired) electrons. The number of rotatable bonds is 3. The summed E-state index contributed by atoms with van der Waals surface area (Å²) >= 11 is 0. The largest absolute Gasteiger partial charge is 0.309 e. The van der Waals surface area contributed by atoms with Gasteiger partial charge in [0.1, 0.15) is 0 Å². The molecule has 0 saturated carbocycles. The third-order valence-electron chi connectivity index (χ3n) is 3.10. The molecule has 98 valence electrons. The molecular formula is C17H19NO. The Bertz CT molecular complexity index is 555. The zero-order chi connectivity index (χ0) is 13.8. The smallest absolute Gasteiger partial charge is 0.258 e. The Morgan fingerprint density at radius 1 is 1.00 bits per heavy atom. The van der Waals surface area contributed by atoms with E-state index in [0.29, 0.717) is 6.54 Å². The van der Waals surface area contributed by atoms with Crippen molar-refractivity contribution in [2.24, 2.45) is 0 Å². The van der Waals surface area contributed by atoms with Gasteiger partial charge in [-0.3, -0.25) is 4.79 Å². The number of hydrogen-bond acceptors (Lipinski definition) is 1. The SMILES string of the molecule is CCN(C(=O)c1ccccc1)c1cc(C)cc(C)c1. The molecule has 0 aliphatic rings. The average Bonchev–Trinajstić information content (AvgIpc) is 2.39. The maximum Gasteiger partial charge on any atom is 0.258 e. The van der Waals surface area contributed by atoms with Crippen LogP contribution in [0, 0.1) is 13.8 Å². The zero-order valence-electron chi connectivity index (χ0n) is 11.7. The molecule has 2 rings (SSSR count). The first-order valence-electron chi connectivity index (χ1n) is 6.57. The Balaban J connectivity index is 2.37. The Kier molecular flexibility index (Phi) is 4.00. The van der Waals surface area contributed by atoms with Crippen LogP contribution in [0.5, 0.6) is 0 Å². The Labute approximate surface area is 114 Å². The van der Waals surface area contributed by atoms with Gasteiger partial charge in [0.2, 0.25) is 0 Å². The maximum atomic E-state index is 12.5. The molecule has 2 heteroatoms. The Morgan fingerprint density at radius 2 is 1.58 bits per heavy atom. The molecular weight excluding hydrogens is 234 g/mol. The Morgan fingerprint density at radius 3 is 2.11 bits per heavy atom. The number of anilines is 1. The lowest BCUT2D eigenvalue weighted by atomic mass is 10.1. The quantitative estimate of drug-likeness (QED) is 0.810. The first-order valence-corrected chi connectivity index (χ1v) is 6.57. The standard InChI is InChI=1S/C17H19NO/c1-4-18(16-11-13(2)10-14(3)12-16)17(19)15-8-6-5-7-9-15/h5-12H,4H2,1-3H3. The highest BCUT2D eigenvalue weighted by Crippen LogP contribution is 2.20. The molecule has 1 amide bonds. The molecule has 0 atom stereocenters. The van der Waals surface area contributed by atoms with Crippen molar-refractivity contribution in [1.82, 2.24) is 0 Å². The monoisotopic (exact) mass is 253 g/mol. The third kappa shape index (κ3) is 3.02. The highest BCUT2D eigenvalue weighted by atomic mass is 16.2. The van der Waals surface area contributed by atoms with Crippen LogP contribution in [-0.4, -0.2) is 12.5 Å². The van der Waals surface area contributed by atoms with Crippen molar-refractivity contribution in [1.29, 1.82) is 0 Å². The molecule has 0 heterocycles. The number of amides is 1. The summed E-state index contributed by atoms with van der Waals surface area (Å²) in [6.07, 6.45) is 0. The van der Waals surface area contributed by atoms with Crippen LogP contribution in [-0.2, 0) is 0 Å². The molecule has 0 fully saturated rings. The number of aryl methyl sites for hydroxylation is 2. The van der Waals surface area contributed by atoms with Gasteiger partial charge in [0.25, 0.3) is 5.91 Å². The number of carbonyl (C=O) groups excluding carboxylic acids is 1. The van der Waals surface area contributed by atoms with Gasteiger partial charge >= 0.3 is 0 Å². The minimum absolute atomic E-state index is 0.0492. The van der Waals surface area contributed by atoms with Gasteiger partial charge in [-0.1, -0.05) is 24.3 Å². The van der Waals surface area contributed by atoms with E-state index < -0.39 is 0 Å². The summed E-state index contributed by atoms with van der Waals surface area (Å²) in [4.78, 5) is 14.3. The van der Waals surface area contributed by atoms with Crippen LogP contribution in [0.15, 0.2) is 48.5 Å². The minimum atomic E-state index is 0.0492. The van der Waals surface area contributed by atoms with Crippen LogP contribution in [0.3, 0.4) is 0 Å². The van der Waals surface area contributed by atoms with Gasteiger partial charge in [0, 0.05) is 17.8 Å². The number of carbonyl (C=O) groups is 1. The summed E-state index contributed by atoms with van der Waals surface area (Å²) in [5.74, 6) is 0.0492. The van der Waals surface area contributed by atoms with Crippen molar-refractivity contribution < 1.29 is 4.79 Å². The normalized spacial score (nSPS) is 10.3. The lowest BCUT2D eigenvalue weighted by Gasteiger charge is -2.22. The maximum absolute atomic E-state index is 12.5. The second kappa shape index (κ2) is 5.70. The van der Waals surface area contributed by atoms with Gasteiger partial charge in [-0.15, -0.1) is 0 Å². The first kappa shape index (κ1) is 13.3. The van der Waals surface area contributed by atoms with Crippen molar-refractivity contribution in [3.05, 3.63) is 65.2 Å². The molecule has 2 aromatic carbocycles. The predicted molar refractivity (Wildman–Crippen MR) is 79.7 cm³/mol. The predicted octanol–water partition coefficient (Wildman–Crippen LogP) is 3.97. The van der Waals surface area contributed by atoms with Gasteiger partial charge in [-0.25, -0.2) is 0 Å². The molecule has 0 spiro atoms. The molecule has 0 bridgehead atoms. The molecule has 0 aromatic heterocycles. The summed E-state index contributed by atoms with van der Waals surface area (Å²) in [5.41, 5.74) is 4.04. The van der Waals surface area contributed by atoms with E-state index in [0.717, 1.165) is 11.3 Å². The minimum Gasteiger partial charge on any atom is -0.309 e. The lowest BCUT2D eigenvalue weighted by Crippen LogP contribution is -2.30. The summed E-state index contributed by atoms with van der Waals surface area (Å²) in [6, 6.07) is 15.6. The molecule has 0 N–H and O–H groups in total. The van der Waals surface area contributed by atoms with Crippen LogP contribution in [0.1, 0.15) is 28.4 Å². The lowest BCUT2D eigenvalue weighted by molar-refractivity contribution is 0.0988. The summed E-state index contributed by atoms with van der Waals surface area (Å²) in [7, 11) is 0. The fourth-order valence-electron chi connectivity index (χ4n) is 2.29. The summed E-state index contributed by atoms with van der Waals surface area (Å²) < 4.78 is 0. The number of nitrogens with zero attached hydrogens (tertiary/aromatic N) is 1. The van der Waals surface area contributed by atoms with E-state index in [4.69, 9.17) is 0 Å². The van der Waals surface area contributed by atoms with Crippen LogP contribution in [0.4, 0.5) is 5.69 Å². The van der Waals surface area contributed by atoms with Crippen LogP contribution >= 0.6 is 0 Å². The van der Waals surface area contributed by atoms with Gasteiger partial charge < -0.3 is 4.90 Å².